The Morgan fingerprint density at radius 1 is 0.952 bits per heavy atom. The summed E-state index contributed by atoms with van der Waals surface area (Å²) >= 11 is 1.16. The minimum atomic E-state index is -0.244. The lowest BCUT2D eigenvalue weighted by Gasteiger charge is -2.33. The molecule has 1 aromatic rings. The van der Waals surface area contributed by atoms with Crippen molar-refractivity contribution in [2.45, 2.75) is 13.8 Å². The van der Waals surface area contributed by atoms with Gasteiger partial charge in [0.25, 0.3) is 0 Å². The van der Waals surface area contributed by atoms with Crippen LogP contribution in [0.2, 0.25) is 0 Å². The Labute approximate surface area is 126 Å². The number of thioether (sulfide) groups is 1. The molecule has 0 saturated carbocycles. The molecule has 0 fully saturated rings. The third-order valence-electron chi connectivity index (χ3n) is 3.71. The van der Waals surface area contributed by atoms with Crippen molar-refractivity contribution < 1.29 is 14.4 Å². The summed E-state index contributed by atoms with van der Waals surface area (Å²) in [6.45, 7) is 3.29. The van der Waals surface area contributed by atoms with Crippen LogP contribution in [0.3, 0.4) is 0 Å². The number of carbonyl (C=O) groups excluding carboxylic acids is 3. The van der Waals surface area contributed by atoms with Crippen molar-refractivity contribution >= 4 is 34.9 Å². The fraction of sp³-hybridized carbons (Fsp3) is 0.188. The molecule has 1 aromatic carbocycles. The van der Waals surface area contributed by atoms with Gasteiger partial charge in [0.15, 0.2) is 5.78 Å². The summed E-state index contributed by atoms with van der Waals surface area (Å²) in [7, 11) is 0. The maximum Gasteiger partial charge on any atom is 0.242 e. The summed E-state index contributed by atoms with van der Waals surface area (Å²) < 4.78 is 0. The molecule has 2 aliphatic rings. The van der Waals surface area contributed by atoms with Crippen LogP contribution in [-0.2, 0) is 14.4 Å². The maximum atomic E-state index is 12.6. The summed E-state index contributed by atoms with van der Waals surface area (Å²) in [5, 5.41) is 0. The quantitative estimate of drug-likeness (QED) is 0.748. The summed E-state index contributed by atoms with van der Waals surface area (Å²) in [5.41, 5.74) is 1.70. The maximum absolute atomic E-state index is 12.6. The normalized spacial score (nSPS) is 19.3. The van der Waals surface area contributed by atoms with E-state index in [1.807, 2.05) is 6.07 Å². The molecule has 0 aromatic heterocycles. The van der Waals surface area contributed by atoms with Crippen LogP contribution >= 0.6 is 11.8 Å². The first-order valence-corrected chi connectivity index (χ1v) is 7.53. The van der Waals surface area contributed by atoms with E-state index in [4.69, 9.17) is 0 Å². The first kappa shape index (κ1) is 13.8. The molecule has 0 saturated heterocycles. The van der Waals surface area contributed by atoms with E-state index in [1.54, 1.807) is 38.1 Å². The van der Waals surface area contributed by atoms with E-state index in [-0.39, 0.29) is 28.9 Å². The SMILES string of the molecule is CC1=C(C)C(=O)C2=C(SCC(=O)N2c2ccccc2)C1=O. The van der Waals surface area contributed by atoms with Crippen molar-refractivity contribution in [3.8, 4) is 0 Å². The third kappa shape index (κ3) is 2.05. The Morgan fingerprint density at radius 2 is 1.57 bits per heavy atom. The lowest BCUT2D eigenvalue weighted by molar-refractivity contribution is -0.119. The number of allylic oxidation sites excluding steroid dienone is 3. The van der Waals surface area contributed by atoms with Gasteiger partial charge in [0.2, 0.25) is 11.7 Å². The lowest BCUT2D eigenvalue weighted by Crippen LogP contribution is -2.42. The van der Waals surface area contributed by atoms with E-state index in [0.29, 0.717) is 21.7 Å². The van der Waals surface area contributed by atoms with Gasteiger partial charge in [-0.2, -0.15) is 0 Å². The van der Waals surface area contributed by atoms with Gasteiger partial charge in [0.1, 0.15) is 5.70 Å². The largest absolute Gasteiger partial charge is 0.288 e. The van der Waals surface area contributed by atoms with Gasteiger partial charge in [0, 0.05) is 16.8 Å². The van der Waals surface area contributed by atoms with Crippen LogP contribution in [0, 0.1) is 0 Å². The average molecular weight is 299 g/mol. The molecule has 0 unspecified atom stereocenters. The second kappa shape index (κ2) is 5.00. The zero-order valence-electron chi connectivity index (χ0n) is 11.7. The first-order valence-electron chi connectivity index (χ1n) is 6.54. The van der Waals surface area contributed by atoms with Gasteiger partial charge in [-0.3, -0.25) is 19.3 Å². The molecule has 0 N–H and O–H groups in total. The van der Waals surface area contributed by atoms with Crippen molar-refractivity contribution in [3.05, 3.63) is 52.1 Å². The molecule has 0 bridgehead atoms. The van der Waals surface area contributed by atoms with Crippen LogP contribution < -0.4 is 4.90 Å². The highest BCUT2D eigenvalue weighted by Crippen LogP contribution is 2.39. The highest BCUT2D eigenvalue weighted by Gasteiger charge is 2.40. The van der Waals surface area contributed by atoms with Crippen molar-refractivity contribution in [3.63, 3.8) is 0 Å². The lowest BCUT2D eigenvalue weighted by atomic mass is 9.93. The number of anilines is 1. The minimum absolute atomic E-state index is 0.152. The Morgan fingerprint density at radius 3 is 2.24 bits per heavy atom. The molecule has 1 amide bonds. The highest BCUT2D eigenvalue weighted by atomic mass is 32.2. The van der Waals surface area contributed by atoms with E-state index in [9.17, 15) is 14.4 Å². The number of carbonyl (C=O) groups is 3. The van der Waals surface area contributed by atoms with E-state index >= 15 is 0 Å². The van der Waals surface area contributed by atoms with Crippen LogP contribution in [0.4, 0.5) is 5.69 Å². The van der Waals surface area contributed by atoms with Crippen molar-refractivity contribution in [1.82, 2.24) is 0 Å². The van der Waals surface area contributed by atoms with Gasteiger partial charge in [-0.25, -0.2) is 0 Å². The molecule has 106 valence electrons. The summed E-state index contributed by atoms with van der Waals surface area (Å²) in [4.78, 5) is 39.0. The monoisotopic (exact) mass is 299 g/mol. The zero-order chi connectivity index (χ0) is 15.1. The Hall–Kier alpha value is -2.14. The number of para-hydroxylation sites is 1. The Kier molecular flexibility index (Phi) is 3.29. The van der Waals surface area contributed by atoms with Gasteiger partial charge < -0.3 is 0 Å². The number of hydrogen-bond acceptors (Lipinski definition) is 4. The molecule has 0 atom stereocenters. The summed E-state index contributed by atoms with van der Waals surface area (Å²) in [5.74, 6) is -0.413. The molecule has 5 heteroatoms. The topological polar surface area (TPSA) is 54.5 Å². The van der Waals surface area contributed by atoms with E-state index in [1.165, 1.54) is 4.90 Å². The molecule has 21 heavy (non-hydrogen) atoms. The van der Waals surface area contributed by atoms with Crippen LogP contribution in [0.1, 0.15) is 13.8 Å². The number of hydrogen-bond donors (Lipinski definition) is 0. The molecule has 3 rings (SSSR count). The van der Waals surface area contributed by atoms with Crippen LogP contribution in [0.15, 0.2) is 52.1 Å². The van der Waals surface area contributed by atoms with Crippen LogP contribution in [-0.4, -0.2) is 23.2 Å². The smallest absolute Gasteiger partial charge is 0.242 e. The summed E-state index contributed by atoms with van der Waals surface area (Å²) in [6, 6.07) is 8.96. The number of benzene rings is 1. The zero-order valence-corrected chi connectivity index (χ0v) is 12.5. The molecule has 1 aliphatic heterocycles. The predicted molar refractivity (Wildman–Crippen MR) is 81.8 cm³/mol. The van der Waals surface area contributed by atoms with E-state index in [0.717, 1.165) is 11.8 Å². The van der Waals surface area contributed by atoms with Crippen molar-refractivity contribution in [2.24, 2.45) is 0 Å². The molecule has 1 aliphatic carbocycles. The Balaban J connectivity index is 2.19. The second-order valence-corrected chi connectivity index (χ2v) is 5.92. The van der Waals surface area contributed by atoms with E-state index in [2.05, 4.69) is 0 Å². The molecular weight excluding hydrogens is 286 g/mol. The van der Waals surface area contributed by atoms with Crippen LogP contribution in [0.5, 0.6) is 0 Å². The average Bonchev–Trinajstić information content (AvgIpc) is 2.51. The number of amides is 1. The highest BCUT2D eigenvalue weighted by molar-refractivity contribution is 8.04. The number of ketones is 2. The third-order valence-corrected chi connectivity index (χ3v) is 4.77. The molecular formula is C16H13NO3S. The Bertz CT molecular complexity index is 731. The molecule has 4 nitrogen and oxygen atoms in total. The molecule has 0 spiro atoms. The number of nitrogens with zero attached hydrogens (tertiary/aromatic N) is 1. The van der Waals surface area contributed by atoms with Gasteiger partial charge in [-0.05, 0) is 26.0 Å². The van der Waals surface area contributed by atoms with Gasteiger partial charge in [-0.15, -0.1) is 11.8 Å². The van der Waals surface area contributed by atoms with Gasteiger partial charge >= 0.3 is 0 Å². The molecule has 0 radical (unpaired) electrons. The standard InChI is InChI=1S/C16H13NO3S/c1-9-10(2)15(20)16-13(14(9)19)17(12(18)8-21-16)11-6-4-3-5-7-11/h3-7H,8H2,1-2H3. The van der Waals surface area contributed by atoms with Gasteiger partial charge in [-0.1, -0.05) is 18.2 Å². The minimum Gasteiger partial charge on any atom is -0.288 e. The fourth-order valence-electron chi connectivity index (χ4n) is 2.41. The predicted octanol–water partition coefficient (Wildman–Crippen LogP) is 2.47. The second-order valence-electron chi connectivity index (χ2n) is 4.94. The van der Waals surface area contributed by atoms with Crippen LogP contribution in [0.25, 0.3) is 0 Å². The number of rotatable bonds is 1. The van der Waals surface area contributed by atoms with E-state index < -0.39 is 0 Å². The summed E-state index contributed by atoms with van der Waals surface area (Å²) in [6.07, 6.45) is 0. The van der Waals surface area contributed by atoms with Crippen molar-refractivity contribution in [2.75, 3.05) is 10.7 Å². The number of Topliss-reactive ketones (excluding diaryl/α,β-unsaturated/α-hetero) is 2. The van der Waals surface area contributed by atoms with Crippen molar-refractivity contribution in [1.29, 1.82) is 0 Å². The first-order chi connectivity index (χ1) is 10.0. The fourth-order valence-corrected chi connectivity index (χ4v) is 3.41. The molecule has 1 heterocycles. The van der Waals surface area contributed by atoms with Gasteiger partial charge in [0.05, 0.1) is 10.7 Å².